The van der Waals surface area contributed by atoms with Crippen LogP contribution in [0, 0.1) is 0 Å². The van der Waals surface area contributed by atoms with Gasteiger partial charge in [0.15, 0.2) is 0 Å². The highest BCUT2D eigenvalue weighted by molar-refractivity contribution is 5.73. The van der Waals surface area contributed by atoms with Gasteiger partial charge >= 0.3 is 18.2 Å². The van der Waals surface area contributed by atoms with E-state index in [0.717, 1.165) is 12.8 Å². The summed E-state index contributed by atoms with van der Waals surface area (Å²) < 4.78 is 37.1. The largest absolute Gasteiger partial charge is 0.490 e. The molecule has 0 saturated heterocycles. The van der Waals surface area contributed by atoms with Crippen LogP contribution in [0.1, 0.15) is 52.9 Å². The lowest BCUT2D eigenvalue weighted by Gasteiger charge is -2.25. The maximum atomic E-state index is 11.4. The average molecular weight is 313 g/mol. The first-order valence-corrected chi connectivity index (χ1v) is 6.71. The van der Waals surface area contributed by atoms with E-state index in [0.29, 0.717) is 0 Å². The van der Waals surface area contributed by atoms with Crippen molar-refractivity contribution < 1.29 is 32.6 Å². The van der Waals surface area contributed by atoms with Crippen LogP contribution in [0.3, 0.4) is 0 Å². The van der Waals surface area contributed by atoms with Crippen LogP contribution in [0.15, 0.2) is 0 Å². The van der Waals surface area contributed by atoms with Crippen molar-refractivity contribution in [2.75, 3.05) is 0 Å². The number of alkyl halides is 3. The van der Waals surface area contributed by atoms with E-state index in [-0.39, 0.29) is 17.7 Å². The topological polar surface area (TPSA) is 75.6 Å². The highest BCUT2D eigenvalue weighted by Crippen LogP contribution is 2.20. The summed E-state index contributed by atoms with van der Waals surface area (Å²) in [6.45, 7) is 5.86. The van der Waals surface area contributed by atoms with Gasteiger partial charge in [-0.05, 0) is 46.5 Å². The summed E-state index contributed by atoms with van der Waals surface area (Å²) >= 11 is 0. The van der Waals surface area contributed by atoms with Crippen molar-refractivity contribution in [2.24, 2.45) is 0 Å². The van der Waals surface area contributed by atoms with Gasteiger partial charge in [0.1, 0.15) is 6.10 Å². The molecule has 0 aliphatic heterocycles. The highest BCUT2D eigenvalue weighted by atomic mass is 19.4. The van der Waals surface area contributed by atoms with Crippen molar-refractivity contribution in [3.63, 3.8) is 0 Å². The third-order valence-corrected chi connectivity index (χ3v) is 2.55. The molecule has 1 aliphatic carbocycles. The molecule has 0 bridgehead atoms. The molecule has 8 heteroatoms. The Bertz CT molecular complexity index is 344. The number of carboxylic acids is 1. The van der Waals surface area contributed by atoms with Crippen molar-refractivity contribution in [1.82, 2.24) is 5.32 Å². The van der Waals surface area contributed by atoms with E-state index >= 15 is 0 Å². The number of halogens is 3. The predicted molar refractivity (Wildman–Crippen MR) is 69.9 cm³/mol. The quantitative estimate of drug-likeness (QED) is 0.777. The molecule has 0 aromatic carbocycles. The fourth-order valence-corrected chi connectivity index (χ4v) is 1.67. The summed E-state index contributed by atoms with van der Waals surface area (Å²) in [4.78, 5) is 20.3. The normalized spacial score (nSPS) is 16.5. The van der Waals surface area contributed by atoms with Crippen LogP contribution in [0.5, 0.6) is 0 Å². The molecule has 0 unspecified atom stereocenters. The minimum Gasteiger partial charge on any atom is -0.475 e. The number of alkyl carbamates (subject to hydrolysis) is 1. The number of rotatable bonds is 1. The molecular formula is C13H22F3NO4. The van der Waals surface area contributed by atoms with Crippen molar-refractivity contribution in [1.29, 1.82) is 0 Å². The van der Waals surface area contributed by atoms with E-state index in [9.17, 15) is 18.0 Å². The number of carbonyl (C=O) groups excluding carboxylic acids is 1. The second-order valence-electron chi connectivity index (χ2n) is 5.84. The molecule has 5 nitrogen and oxygen atoms in total. The Morgan fingerprint density at radius 1 is 1.10 bits per heavy atom. The van der Waals surface area contributed by atoms with Gasteiger partial charge < -0.3 is 15.2 Å². The number of carboxylic acid groups (broad SMARTS) is 1. The Labute approximate surface area is 121 Å². The Balaban J connectivity index is 0.000000486. The first kappa shape index (κ1) is 19.5. The molecule has 1 aliphatic rings. The van der Waals surface area contributed by atoms with Crippen molar-refractivity contribution >= 4 is 12.1 Å². The first-order chi connectivity index (χ1) is 9.42. The molecule has 0 atom stereocenters. The molecular weight excluding hydrogens is 291 g/mol. The molecule has 0 spiro atoms. The van der Waals surface area contributed by atoms with Gasteiger partial charge in [-0.2, -0.15) is 13.2 Å². The van der Waals surface area contributed by atoms with E-state index in [2.05, 4.69) is 5.32 Å². The summed E-state index contributed by atoms with van der Waals surface area (Å²) in [5.41, 5.74) is -0.203. The summed E-state index contributed by atoms with van der Waals surface area (Å²) in [6, 6.07) is 0. The Morgan fingerprint density at radius 3 is 1.86 bits per heavy atom. The maximum Gasteiger partial charge on any atom is 0.490 e. The molecule has 1 rings (SSSR count). The highest BCUT2D eigenvalue weighted by Gasteiger charge is 2.38. The van der Waals surface area contributed by atoms with Gasteiger partial charge in [0, 0.05) is 5.54 Å². The van der Waals surface area contributed by atoms with E-state index in [1.54, 1.807) is 0 Å². The Morgan fingerprint density at radius 2 is 1.52 bits per heavy atom. The van der Waals surface area contributed by atoms with E-state index < -0.39 is 12.1 Å². The number of amides is 1. The van der Waals surface area contributed by atoms with Crippen LogP contribution in [0.2, 0.25) is 0 Å². The zero-order valence-electron chi connectivity index (χ0n) is 12.4. The van der Waals surface area contributed by atoms with Crippen LogP contribution >= 0.6 is 0 Å². The van der Waals surface area contributed by atoms with E-state index in [1.807, 2.05) is 20.8 Å². The molecule has 1 fully saturated rings. The third kappa shape index (κ3) is 10.9. The molecule has 0 heterocycles. The van der Waals surface area contributed by atoms with Crippen molar-refractivity contribution in [3.05, 3.63) is 0 Å². The van der Waals surface area contributed by atoms with Crippen LogP contribution < -0.4 is 5.32 Å². The third-order valence-electron chi connectivity index (χ3n) is 2.55. The molecule has 21 heavy (non-hydrogen) atoms. The molecule has 0 aromatic rings. The lowest BCUT2D eigenvalue weighted by Crippen LogP contribution is -2.42. The van der Waals surface area contributed by atoms with Gasteiger partial charge in [-0.25, -0.2) is 9.59 Å². The van der Waals surface area contributed by atoms with Gasteiger partial charge in [0.2, 0.25) is 0 Å². The second kappa shape index (κ2) is 8.09. The van der Waals surface area contributed by atoms with Gasteiger partial charge in [-0.1, -0.05) is 6.42 Å². The minimum atomic E-state index is -5.08. The fraction of sp³-hybridized carbons (Fsp3) is 0.846. The monoisotopic (exact) mass is 313 g/mol. The van der Waals surface area contributed by atoms with Gasteiger partial charge in [0.25, 0.3) is 0 Å². The van der Waals surface area contributed by atoms with Gasteiger partial charge in [0.05, 0.1) is 0 Å². The lowest BCUT2D eigenvalue weighted by atomic mass is 9.98. The fourth-order valence-electron chi connectivity index (χ4n) is 1.67. The molecule has 0 aromatic heterocycles. The maximum absolute atomic E-state index is 11.4. The van der Waals surface area contributed by atoms with Crippen LogP contribution in [-0.4, -0.2) is 35.0 Å². The Hall–Kier alpha value is -1.47. The number of aliphatic carboxylic acids is 1. The van der Waals surface area contributed by atoms with Crippen LogP contribution in [-0.2, 0) is 9.53 Å². The number of hydrogen-bond donors (Lipinski definition) is 2. The Kier molecular flexibility index (Phi) is 7.52. The molecule has 1 amide bonds. The van der Waals surface area contributed by atoms with Crippen LogP contribution in [0.25, 0.3) is 0 Å². The zero-order valence-corrected chi connectivity index (χ0v) is 12.4. The minimum absolute atomic E-state index is 0.145. The lowest BCUT2D eigenvalue weighted by molar-refractivity contribution is -0.192. The first-order valence-electron chi connectivity index (χ1n) is 6.71. The molecule has 0 radical (unpaired) electrons. The van der Waals surface area contributed by atoms with E-state index in [1.165, 1.54) is 19.3 Å². The average Bonchev–Trinajstić information content (AvgIpc) is 2.26. The summed E-state index contributed by atoms with van der Waals surface area (Å²) in [7, 11) is 0. The second-order valence-corrected chi connectivity index (χ2v) is 5.84. The standard InChI is InChI=1S/C11H21NO2.C2HF3O2/c1-11(2,3)12-10(13)14-9-7-5-4-6-8-9;3-2(4,5)1(6)7/h9H,4-8H2,1-3H3,(H,12,13);(H,6,7). The van der Waals surface area contributed by atoms with Gasteiger partial charge in [-0.15, -0.1) is 0 Å². The summed E-state index contributed by atoms with van der Waals surface area (Å²) in [5.74, 6) is -2.76. The molecule has 1 saturated carbocycles. The van der Waals surface area contributed by atoms with Crippen molar-refractivity contribution in [3.8, 4) is 0 Å². The zero-order chi connectivity index (χ0) is 16.7. The predicted octanol–water partition coefficient (Wildman–Crippen LogP) is 3.48. The summed E-state index contributed by atoms with van der Waals surface area (Å²) in [5, 5.41) is 9.93. The van der Waals surface area contributed by atoms with Crippen LogP contribution in [0.4, 0.5) is 18.0 Å². The van der Waals surface area contributed by atoms with E-state index in [4.69, 9.17) is 14.6 Å². The molecule has 2 N–H and O–H groups in total. The smallest absolute Gasteiger partial charge is 0.475 e. The number of nitrogens with one attached hydrogen (secondary N) is 1. The number of carbonyl (C=O) groups is 2. The SMILES string of the molecule is CC(C)(C)NC(=O)OC1CCCCC1.O=C(O)C(F)(F)F. The van der Waals surface area contributed by atoms with Crippen molar-refractivity contribution in [2.45, 2.75) is 70.7 Å². The number of hydrogen-bond acceptors (Lipinski definition) is 3. The van der Waals surface area contributed by atoms with Gasteiger partial charge in [-0.3, -0.25) is 0 Å². The summed E-state index contributed by atoms with van der Waals surface area (Å²) in [6.07, 6.45) is 0.493. The molecule has 124 valence electrons. The number of ether oxygens (including phenoxy) is 1.